The van der Waals surface area contributed by atoms with Gasteiger partial charge in [-0.15, -0.1) is 0 Å². The second kappa shape index (κ2) is 9.72. The van der Waals surface area contributed by atoms with Crippen LogP contribution in [-0.2, 0) is 16.0 Å². The van der Waals surface area contributed by atoms with E-state index in [1.54, 1.807) is 0 Å². The highest BCUT2D eigenvalue weighted by molar-refractivity contribution is 5.78. The van der Waals surface area contributed by atoms with Crippen molar-refractivity contribution in [2.24, 2.45) is 0 Å². The first kappa shape index (κ1) is 20.4. The highest BCUT2D eigenvalue weighted by Gasteiger charge is 2.22. The zero-order valence-electron chi connectivity index (χ0n) is 16.7. The van der Waals surface area contributed by atoms with Crippen molar-refractivity contribution in [1.82, 2.24) is 15.1 Å². The van der Waals surface area contributed by atoms with Gasteiger partial charge in [0, 0.05) is 38.6 Å². The van der Waals surface area contributed by atoms with Gasteiger partial charge in [0.25, 0.3) is 0 Å². The lowest BCUT2D eigenvalue weighted by molar-refractivity contribution is -0.133. The van der Waals surface area contributed by atoms with E-state index in [-0.39, 0.29) is 17.9 Å². The summed E-state index contributed by atoms with van der Waals surface area (Å²) in [5, 5.41) is 3.00. The van der Waals surface area contributed by atoms with Crippen LogP contribution in [0.25, 0.3) is 0 Å². The van der Waals surface area contributed by atoms with Crippen molar-refractivity contribution in [3.63, 3.8) is 0 Å². The summed E-state index contributed by atoms with van der Waals surface area (Å²) in [6.45, 7) is 11.7. The molecule has 1 aromatic rings. The smallest absolute Gasteiger partial charge is 0.234 e. The van der Waals surface area contributed by atoms with Crippen LogP contribution in [0.15, 0.2) is 18.2 Å². The molecule has 1 N–H and O–H groups in total. The van der Waals surface area contributed by atoms with Gasteiger partial charge in [-0.1, -0.05) is 30.7 Å². The van der Waals surface area contributed by atoms with Gasteiger partial charge in [-0.05, 0) is 44.7 Å². The monoisotopic (exact) mass is 359 g/mol. The number of nitrogens with zero attached hydrogens (tertiary/aromatic N) is 2. The fourth-order valence-electron chi connectivity index (χ4n) is 3.31. The summed E-state index contributed by atoms with van der Waals surface area (Å²) in [5.74, 6) is 0.294. The van der Waals surface area contributed by atoms with Crippen LogP contribution in [0.4, 0.5) is 0 Å². The van der Waals surface area contributed by atoms with Crippen molar-refractivity contribution in [3.05, 3.63) is 34.9 Å². The van der Waals surface area contributed by atoms with E-state index in [0.717, 1.165) is 25.9 Å². The number of amides is 2. The van der Waals surface area contributed by atoms with Gasteiger partial charge in [0.2, 0.25) is 11.8 Å². The summed E-state index contributed by atoms with van der Waals surface area (Å²) in [6, 6.07) is 6.63. The Bertz CT molecular complexity index is 622. The Hall–Kier alpha value is -1.88. The SMILES string of the molecule is CCC(C)NC(=O)CN1CCN(C(=O)CCc2ccc(C)cc2C)CC1. The van der Waals surface area contributed by atoms with Crippen LogP contribution >= 0.6 is 0 Å². The number of benzene rings is 1. The highest BCUT2D eigenvalue weighted by Crippen LogP contribution is 2.14. The van der Waals surface area contributed by atoms with Gasteiger partial charge in [-0.25, -0.2) is 0 Å². The van der Waals surface area contributed by atoms with Crippen LogP contribution in [0.2, 0.25) is 0 Å². The molecular weight excluding hydrogens is 326 g/mol. The molecule has 1 atom stereocenters. The molecule has 0 aliphatic carbocycles. The van der Waals surface area contributed by atoms with Crippen molar-refractivity contribution in [2.75, 3.05) is 32.7 Å². The van der Waals surface area contributed by atoms with E-state index in [1.165, 1.54) is 16.7 Å². The maximum atomic E-state index is 12.5. The first-order valence-electron chi connectivity index (χ1n) is 9.74. The molecule has 1 saturated heterocycles. The molecule has 1 aliphatic heterocycles. The average molecular weight is 360 g/mol. The number of nitrogens with one attached hydrogen (secondary N) is 1. The van der Waals surface area contributed by atoms with Gasteiger partial charge in [0.05, 0.1) is 6.54 Å². The number of hydrogen-bond acceptors (Lipinski definition) is 3. The summed E-state index contributed by atoms with van der Waals surface area (Å²) in [7, 11) is 0. The number of carbonyl (C=O) groups excluding carboxylic acids is 2. The molecule has 0 aromatic heterocycles. The lowest BCUT2D eigenvalue weighted by Crippen LogP contribution is -2.51. The van der Waals surface area contributed by atoms with Gasteiger partial charge in [0.1, 0.15) is 0 Å². The van der Waals surface area contributed by atoms with Crippen molar-refractivity contribution < 1.29 is 9.59 Å². The topological polar surface area (TPSA) is 52.7 Å². The number of rotatable bonds is 7. The molecule has 5 heteroatoms. The second-order valence-corrected chi connectivity index (χ2v) is 7.46. The van der Waals surface area contributed by atoms with Crippen LogP contribution < -0.4 is 5.32 Å². The summed E-state index contributed by atoms with van der Waals surface area (Å²) < 4.78 is 0. The average Bonchev–Trinajstić information content (AvgIpc) is 2.61. The standard InChI is InChI=1S/C21H33N3O2/c1-5-18(4)22-20(25)15-23-10-12-24(13-11-23)21(26)9-8-19-7-6-16(2)14-17(19)3/h6-7,14,18H,5,8-13,15H2,1-4H3,(H,22,25). The van der Waals surface area contributed by atoms with Crippen molar-refractivity contribution in [3.8, 4) is 0 Å². The van der Waals surface area contributed by atoms with Gasteiger partial charge in [-0.2, -0.15) is 0 Å². The summed E-state index contributed by atoms with van der Waals surface area (Å²) >= 11 is 0. The molecule has 0 bridgehead atoms. The molecule has 5 nitrogen and oxygen atoms in total. The van der Waals surface area contributed by atoms with Crippen LogP contribution in [0.1, 0.15) is 43.4 Å². The number of piperazine rings is 1. The second-order valence-electron chi connectivity index (χ2n) is 7.46. The molecule has 1 unspecified atom stereocenters. The maximum Gasteiger partial charge on any atom is 0.234 e. The van der Waals surface area contributed by atoms with E-state index in [2.05, 4.69) is 49.2 Å². The highest BCUT2D eigenvalue weighted by atomic mass is 16.2. The van der Waals surface area contributed by atoms with Crippen molar-refractivity contribution in [1.29, 1.82) is 0 Å². The third kappa shape index (κ3) is 6.13. The van der Waals surface area contributed by atoms with E-state index < -0.39 is 0 Å². The Labute approximate surface area is 157 Å². The largest absolute Gasteiger partial charge is 0.353 e. The van der Waals surface area contributed by atoms with Crippen molar-refractivity contribution >= 4 is 11.8 Å². The predicted octanol–water partition coefficient (Wildman–Crippen LogP) is 2.29. The predicted molar refractivity (Wildman–Crippen MR) is 105 cm³/mol. The Morgan fingerprint density at radius 1 is 1.15 bits per heavy atom. The van der Waals surface area contributed by atoms with Gasteiger partial charge in [-0.3, -0.25) is 14.5 Å². The fraction of sp³-hybridized carbons (Fsp3) is 0.619. The minimum absolute atomic E-state index is 0.0778. The van der Waals surface area contributed by atoms with E-state index in [0.29, 0.717) is 26.1 Å². The summed E-state index contributed by atoms with van der Waals surface area (Å²) in [5.41, 5.74) is 3.77. The van der Waals surface area contributed by atoms with Gasteiger partial charge < -0.3 is 10.2 Å². The molecule has 1 heterocycles. The molecule has 0 radical (unpaired) electrons. The minimum Gasteiger partial charge on any atom is -0.353 e. The third-order valence-corrected chi connectivity index (χ3v) is 5.22. The molecule has 0 spiro atoms. The van der Waals surface area contributed by atoms with Crippen LogP contribution in [0.5, 0.6) is 0 Å². The maximum absolute atomic E-state index is 12.5. The van der Waals surface area contributed by atoms with Gasteiger partial charge >= 0.3 is 0 Å². The Morgan fingerprint density at radius 2 is 1.85 bits per heavy atom. The van der Waals surface area contributed by atoms with E-state index in [9.17, 15) is 9.59 Å². The van der Waals surface area contributed by atoms with E-state index in [1.807, 2.05) is 11.8 Å². The zero-order chi connectivity index (χ0) is 19.1. The zero-order valence-corrected chi connectivity index (χ0v) is 16.7. The van der Waals surface area contributed by atoms with Crippen molar-refractivity contribution in [2.45, 2.75) is 53.0 Å². The Morgan fingerprint density at radius 3 is 2.46 bits per heavy atom. The Kier molecular flexibility index (Phi) is 7.64. The summed E-state index contributed by atoms with van der Waals surface area (Å²) in [6.07, 6.45) is 2.29. The number of carbonyl (C=O) groups is 2. The molecule has 144 valence electrons. The van der Waals surface area contributed by atoms with Crippen LogP contribution in [0, 0.1) is 13.8 Å². The molecule has 2 amide bonds. The minimum atomic E-state index is 0.0778. The van der Waals surface area contributed by atoms with Crippen LogP contribution in [-0.4, -0.2) is 60.4 Å². The number of hydrogen-bond donors (Lipinski definition) is 1. The molecule has 26 heavy (non-hydrogen) atoms. The fourth-order valence-corrected chi connectivity index (χ4v) is 3.31. The van der Waals surface area contributed by atoms with Gasteiger partial charge in [0.15, 0.2) is 0 Å². The first-order valence-corrected chi connectivity index (χ1v) is 9.74. The van der Waals surface area contributed by atoms with Crippen LogP contribution in [0.3, 0.4) is 0 Å². The molecule has 1 aromatic carbocycles. The molecule has 0 saturated carbocycles. The third-order valence-electron chi connectivity index (χ3n) is 5.22. The lowest BCUT2D eigenvalue weighted by Gasteiger charge is -2.34. The van der Waals surface area contributed by atoms with E-state index >= 15 is 0 Å². The molecule has 2 rings (SSSR count). The number of aryl methyl sites for hydroxylation is 3. The summed E-state index contributed by atoms with van der Waals surface area (Å²) in [4.78, 5) is 28.5. The Balaban J connectivity index is 1.73. The lowest BCUT2D eigenvalue weighted by atomic mass is 10.0. The van der Waals surface area contributed by atoms with E-state index in [4.69, 9.17) is 0 Å². The molecule has 1 aliphatic rings. The molecular formula is C21H33N3O2. The molecule has 1 fully saturated rings. The normalized spacial score (nSPS) is 16.4. The first-order chi connectivity index (χ1) is 12.4. The quantitative estimate of drug-likeness (QED) is 0.813.